The van der Waals surface area contributed by atoms with Gasteiger partial charge < -0.3 is 19.7 Å². The van der Waals surface area contributed by atoms with Crippen molar-refractivity contribution in [3.05, 3.63) is 106 Å². The van der Waals surface area contributed by atoms with E-state index in [1.54, 1.807) is 0 Å². The second-order valence-corrected chi connectivity index (χ2v) is 33.4. The van der Waals surface area contributed by atoms with Gasteiger partial charge in [0.1, 0.15) is 45.9 Å². The van der Waals surface area contributed by atoms with Gasteiger partial charge in [-0.05, 0) is 101 Å². The van der Waals surface area contributed by atoms with E-state index in [1.165, 1.54) is 34.3 Å². The van der Waals surface area contributed by atoms with Crippen molar-refractivity contribution in [1.29, 1.82) is 0 Å². The van der Waals surface area contributed by atoms with Crippen molar-refractivity contribution in [2.45, 2.75) is 9.79 Å². The molecule has 6 bridgehead atoms. The van der Waals surface area contributed by atoms with Crippen LogP contribution in [-0.2, 0) is 76.9 Å². The number of aliphatic imine (C=N–C) groups is 4. The molecule has 2 aromatic heterocycles. The highest BCUT2D eigenvalue weighted by Gasteiger charge is 2.59. The van der Waals surface area contributed by atoms with E-state index in [1.807, 2.05) is 0 Å². The highest BCUT2D eigenvalue weighted by Crippen LogP contribution is 2.46. The van der Waals surface area contributed by atoms with Crippen molar-refractivity contribution in [2.75, 3.05) is 64.0 Å². The largest absolute Gasteiger partial charge is 0.632 e. The fraction of sp³-hybridized carbons (Fsp3) is 0.217. The van der Waals surface area contributed by atoms with E-state index in [-0.39, 0.29) is 38.4 Å². The summed E-state index contributed by atoms with van der Waals surface area (Å²) in [6.07, 6.45) is 1.11. The number of benzene rings is 4. The average Bonchev–Trinajstić information content (AvgIpc) is 1.73. The second kappa shape index (κ2) is 20.6. The summed E-state index contributed by atoms with van der Waals surface area (Å²) in [6.45, 7) is 0. The molecule has 2 N–H and O–H groups in total. The number of carbonyl (C=O) groups is 4. The third kappa shape index (κ3) is 11.2. The van der Waals surface area contributed by atoms with E-state index in [0.717, 1.165) is 85.0 Å². The van der Waals surface area contributed by atoms with Crippen LogP contribution in [0.15, 0.2) is 113 Å². The summed E-state index contributed by atoms with van der Waals surface area (Å²) >= 11 is 0. The number of sulfone groups is 4. The number of ether oxygens (including phenoxy) is 2. The van der Waals surface area contributed by atoms with Crippen LogP contribution in [0.1, 0.15) is 22.3 Å². The summed E-state index contributed by atoms with van der Waals surface area (Å²) in [4.78, 5) is 79.4. The van der Waals surface area contributed by atoms with Crippen LogP contribution < -0.4 is 20.4 Å². The maximum Gasteiger partial charge on any atom is 0.632 e. The molecule has 0 saturated carbocycles. The SMILES string of the molecule is CN(C)CS(=O)(=O)O[Si]1(OS(=O)(=O)CN(C)C)n2c3c4cc(S(=O)(=O)CC(=O)O)ccc4c2N=C2N=C(N=c4c5cc(OC(=O)S(C)(=O)=O)ccc5c(n41)=NC1=NC(=N3)c3ccc(OC(=O)S(C)(=O)=O)cc31)c1ccc(S(=O)(=O)CC(=O)O)cc12. The van der Waals surface area contributed by atoms with Crippen LogP contribution in [0.5, 0.6) is 11.5 Å². The van der Waals surface area contributed by atoms with Gasteiger partial charge in [-0.2, -0.15) is 16.8 Å². The van der Waals surface area contributed by atoms with E-state index < -0.39 is 187 Å². The Kier molecular flexibility index (Phi) is 14.5. The number of hydrogen-bond acceptors (Lipinski definition) is 28. The number of aliphatic carboxylic acids is 2. The predicted molar refractivity (Wildman–Crippen MR) is 299 cm³/mol. The summed E-state index contributed by atoms with van der Waals surface area (Å²) in [7, 11) is -30.8. The lowest BCUT2D eigenvalue weighted by Crippen LogP contribution is -2.65. The molecule has 0 radical (unpaired) electrons. The molecule has 0 atom stereocenters. The molecule has 0 amide bonds. The Hall–Kier alpha value is -8.12. The Balaban J connectivity index is 1.52. The van der Waals surface area contributed by atoms with Gasteiger partial charge in [0.2, 0.25) is 19.7 Å². The summed E-state index contributed by atoms with van der Waals surface area (Å²) in [5.41, 5.74) is -1.88. The molecule has 10 rings (SSSR count). The lowest BCUT2D eigenvalue weighted by Gasteiger charge is -2.32. The molecule has 6 heterocycles. The van der Waals surface area contributed by atoms with Crippen molar-refractivity contribution < 1.29 is 97.1 Å². The Bertz CT molecular complexity index is 5050. The standard InChI is InChI=1S/C46H40N10O22S6Si/c1-53(2)21-83(71,72)77-85(78-84(73,74)22-54(3)4)55-41-29-12-8-24(76-46(62)80(6,65)66)16-33(29)43(55)49-38-28-13-9-25(81(67,68)19-35(57)58)17-32(28)40(48-38)52-42-30-14-10-26(82(69,70)20-36(59)60)18-34(30)44(56(42)85)50-37-27-11-7-23(75-45(61)79(5,63)64)15-31(27)39(47-37)51-41/h7-18H,19-22H2,1-6H3,(H,57,58)(H,59,60). The topological polar surface area (TPSA) is 441 Å². The first-order valence-corrected chi connectivity index (χ1v) is 35.7. The van der Waals surface area contributed by atoms with Crippen LogP contribution in [-0.4, -0.2) is 198 Å². The average molecular weight is 1310 g/mol. The molecule has 0 spiro atoms. The summed E-state index contributed by atoms with van der Waals surface area (Å²) in [5.74, 6) is -13.0. The third-order valence-electron chi connectivity index (χ3n) is 12.2. The minimum absolute atomic E-state index is 0.0574. The van der Waals surface area contributed by atoms with Gasteiger partial charge in [-0.3, -0.25) is 27.9 Å². The summed E-state index contributed by atoms with van der Waals surface area (Å²) in [6, 6.07) is 12.6. The first-order valence-electron chi connectivity index (χ1n) is 23.7. The third-order valence-corrected chi connectivity index (χ3v) is 24.2. The molecular weight excluding hydrogens is 1270 g/mol. The zero-order valence-electron chi connectivity index (χ0n) is 44.2. The number of nitrogens with zero attached hydrogens (tertiary/aromatic N) is 10. The van der Waals surface area contributed by atoms with Crippen LogP contribution in [0.3, 0.4) is 0 Å². The molecule has 0 saturated heterocycles. The molecule has 446 valence electrons. The number of carboxylic acids is 2. The highest BCUT2D eigenvalue weighted by molar-refractivity contribution is 8.05. The van der Waals surface area contributed by atoms with E-state index in [2.05, 4.69) is 9.98 Å². The fourth-order valence-electron chi connectivity index (χ4n) is 9.08. The monoisotopic (exact) mass is 1300 g/mol. The minimum atomic E-state index is -6.55. The van der Waals surface area contributed by atoms with Crippen molar-refractivity contribution in [1.82, 2.24) is 18.3 Å². The fourth-order valence-corrected chi connectivity index (χ4v) is 19.5. The molecule has 4 aromatic carbocycles. The number of aromatic nitrogens is 2. The Labute approximate surface area is 481 Å². The molecular formula is C46H40N10O22S6Si. The molecule has 0 aliphatic carbocycles. The molecule has 0 fully saturated rings. The number of carboxylic acid groups (broad SMARTS) is 2. The molecule has 85 heavy (non-hydrogen) atoms. The molecule has 6 aromatic rings. The predicted octanol–water partition coefficient (Wildman–Crippen LogP) is -0.0942. The van der Waals surface area contributed by atoms with Gasteiger partial charge in [0.25, 0.3) is 20.2 Å². The zero-order chi connectivity index (χ0) is 62.1. The molecule has 39 heteroatoms. The number of carbonyl (C=O) groups excluding carboxylic acids is 2. The summed E-state index contributed by atoms with van der Waals surface area (Å²) < 4.78 is 190. The number of hydrogen-bond donors (Lipinski definition) is 2. The first-order chi connectivity index (χ1) is 39.4. The highest BCUT2D eigenvalue weighted by atomic mass is 32.2. The minimum Gasteiger partial charge on any atom is -0.480 e. The maximum atomic E-state index is 15.2. The van der Waals surface area contributed by atoms with Crippen LogP contribution in [0.4, 0.5) is 21.2 Å². The van der Waals surface area contributed by atoms with E-state index >= 15 is 16.8 Å². The van der Waals surface area contributed by atoms with Crippen molar-refractivity contribution >= 4 is 148 Å². The quantitative estimate of drug-likeness (QED) is 0.0944. The van der Waals surface area contributed by atoms with E-state index in [0.29, 0.717) is 12.5 Å². The second-order valence-electron chi connectivity index (χ2n) is 19.6. The lowest BCUT2D eigenvalue weighted by atomic mass is 10.1. The molecule has 4 aliphatic heterocycles. The maximum absolute atomic E-state index is 15.2. The molecule has 4 aliphatic rings. The Morgan fingerprint density at radius 2 is 0.882 bits per heavy atom. The van der Waals surface area contributed by atoms with E-state index in [9.17, 15) is 63.1 Å². The first kappa shape index (κ1) is 60.0. The van der Waals surface area contributed by atoms with Gasteiger partial charge >= 0.3 is 31.4 Å². The van der Waals surface area contributed by atoms with Crippen molar-refractivity contribution in [3.8, 4) is 11.5 Å². The van der Waals surface area contributed by atoms with Gasteiger partial charge in [0, 0.05) is 43.8 Å². The van der Waals surface area contributed by atoms with E-state index in [4.69, 9.17) is 37.2 Å². The molecule has 0 unspecified atom stereocenters. The Morgan fingerprint density at radius 1 is 0.471 bits per heavy atom. The van der Waals surface area contributed by atoms with Gasteiger partial charge in [0.15, 0.2) is 54.5 Å². The number of amidine groups is 4. The normalized spacial score (nSPS) is 15.4. The zero-order valence-corrected chi connectivity index (χ0v) is 50.1. The summed E-state index contributed by atoms with van der Waals surface area (Å²) in [5, 5.41) is 14.5. The van der Waals surface area contributed by atoms with Crippen LogP contribution in [0.2, 0.25) is 0 Å². The van der Waals surface area contributed by atoms with Gasteiger partial charge in [0.05, 0.1) is 22.3 Å². The van der Waals surface area contributed by atoms with Crippen molar-refractivity contribution in [3.63, 3.8) is 0 Å². The van der Waals surface area contributed by atoms with Crippen LogP contribution in [0, 0.1) is 0 Å². The number of rotatable bonds is 16. The van der Waals surface area contributed by atoms with Crippen LogP contribution >= 0.6 is 0 Å². The Morgan fingerprint density at radius 3 is 1.40 bits per heavy atom. The molecule has 32 nitrogen and oxygen atoms in total. The van der Waals surface area contributed by atoms with Crippen molar-refractivity contribution in [2.24, 2.45) is 30.0 Å². The van der Waals surface area contributed by atoms with Crippen LogP contribution in [0.25, 0.3) is 21.5 Å². The van der Waals surface area contributed by atoms with Gasteiger partial charge in [-0.15, -0.1) is 0 Å². The van der Waals surface area contributed by atoms with Gasteiger partial charge in [-0.1, -0.05) is 0 Å². The smallest absolute Gasteiger partial charge is 0.480 e. The lowest BCUT2D eigenvalue weighted by molar-refractivity contribution is -0.135. The number of fused-ring (bicyclic) bond motifs is 14. The van der Waals surface area contributed by atoms with Gasteiger partial charge in [-0.25, -0.2) is 81.0 Å².